The molecule has 0 saturated heterocycles. The average Bonchev–Trinajstić information content (AvgIpc) is 3.31. The van der Waals surface area contributed by atoms with Crippen LogP contribution in [0.2, 0.25) is 0 Å². The van der Waals surface area contributed by atoms with Crippen molar-refractivity contribution >= 4 is 6.08 Å². The van der Waals surface area contributed by atoms with Crippen molar-refractivity contribution in [3.8, 4) is 16.9 Å². The predicted octanol–water partition coefficient (Wildman–Crippen LogP) is 2.83. The van der Waals surface area contributed by atoms with Gasteiger partial charge in [0.1, 0.15) is 17.7 Å². The number of aromatic nitrogens is 2. The second-order valence-electron chi connectivity index (χ2n) is 7.67. The standard InChI is InChI=1S/C25H30N2O5/c1-18(31)25-26-12-13-27(25)23(16-30)9-4-19-2-5-21(6-3-19)22-7-10-24(11-8-22)32-17-20(14-28)15-29/h2-13,18,20,23,28-31H,14-17H2,1H3/b9-4+. The van der Waals surface area contributed by atoms with Gasteiger partial charge in [-0.25, -0.2) is 4.98 Å². The monoisotopic (exact) mass is 438 g/mol. The summed E-state index contributed by atoms with van der Waals surface area (Å²) < 4.78 is 7.37. The number of hydrogen-bond acceptors (Lipinski definition) is 6. The van der Waals surface area contributed by atoms with E-state index in [1.165, 1.54) is 0 Å². The molecule has 3 rings (SSSR count). The number of ether oxygens (including phenoxy) is 1. The Morgan fingerprint density at radius 2 is 1.56 bits per heavy atom. The lowest BCUT2D eigenvalue weighted by molar-refractivity contribution is 0.106. The van der Waals surface area contributed by atoms with Crippen molar-refractivity contribution in [1.82, 2.24) is 9.55 Å². The Hall–Kier alpha value is -2.97. The third-order valence-electron chi connectivity index (χ3n) is 5.23. The van der Waals surface area contributed by atoms with Crippen molar-refractivity contribution in [1.29, 1.82) is 0 Å². The Balaban J connectivity index is 1.65. The molecule has 7 nitrogen and oxygen atoms in total. The van der Waals surface area contributed by atoms with Crippen LogP contribution in [0.5, 0.6) is 5.75 Å². The van der Waals surface area contributed by atoms with Crippen molar-refractivity contribution in [2.45, 2.75) is 19.1 Å². The minimum absolute atomic E-state index is 0.101. The second kappa shape index (κ2) is 11.6. The molecule has 0 aliphatic heterocycles. The molecular formula is C25H30N2O5. The molecule has 0 saturated carbocycles. The van der Waals surface area contributed by atoms with Crippen LogP contribution in [-0.4, -0.2) is 56.4 Å². The largest absolute Gasteiger partial charge is 0.493 e. The molecule has 3 aromatic rings. The first-order valence-electron chi connectivity index (χ1n) is 10.6. The van der Waals surface area contributed by atoms with Gasteiger partial charge < -0.3 is 29.7 Å². The highest BCUT2D eigenvalue weighted by Crippen LogP contribution is 2.24. The first-order chi connectivity index (χ1) is 15.5. The van der Waals surface area contributed by atoms with Gasteiger partial charge in [0, 0.05) is 18.3 Å². The van der Waals surface area contributed by atoms with Gasteiger partial charge in [-0.3, -0.25) is 0 Å². The molecule has 170 valence electrons. The highest BCUT2D eigenvalue weighted by molar-refractivity contribution is 5.66. The van der Waals surface area contributed by atoms with E-state index in [0.717, 1.165) is 16.7 Å². The normalized spacial score (nSPS) is 13.6. The zero-order chi connectivity index (χ0) is 22.9. The van der Waals surface area contributed by atoms with Crippen molar-refractivity contribution in [2.24, 2.45) is 5.92 Å². The molecule has 32 heavy (non-hydrogen) atoms. The summed E-state index contributed by atoms with van der Waals surface area (Å²) in [6, 6.07) is 15.4. The molecule has 4 N–H and O–H groups in total. The van der Waals surface area contributed by atoms with Gasteiger partial charge in [0.05, 0.1) is 32.5 Å². The van der Waals surface area contributed by atoms with Crippen LogP contribution < -0.4 is 4.74 Å². The maximum atomic E-state index is 9.84. The molecule has 1 heterocycles. The second-order valence-corrected chi connectivity index (χ2v) is 7.67. The van der Waals surface area contributed by atoms with E-state index in [1.54, 1.807) is 23.9 Å². The molecule has 0 fully saturated rings. The minimum Gasteiger partial charge on any atom is -0.493 e. The highest BCUT2D eigenvalue weighted by atomic mass is 16.5. The van der Waals surface area contributed by atoms with Crippen LogP contribution in [0.3, 0.4) is 0 Å². The molecule has 0 aliphatic carbocycles. The molecule has 2 aromatic carbocycles. The Morgan fingerprint density at radius 3 is 2.12 bits per heavy atom. The summed E-state index contributed by atoms with van der Waals surface area (Å²) >= 11 is 0. The quantitative estimate of drug-likeness (QED) is 0.367. The lowest BCUT2D eigenvalue weighted by Crippen LogP contribution is -2.19. The summed E-state index contributed by atoms with van der Waals surface area (Å²) in [5.74, 6) is 0.916. The van der Waals surface area contributed by atoms with Gasteiger partial charge in [-0.05, 0) is 35.7 Å². The minimum atomic E-state index is -0.714. The summed E-state index contributed by atoms with van der Waals surface area (Å²) in [7, 11) is 0. The zero-order valence-corrected chi connectivity index (χ0v) is 18.1. The summed E-state index contributed by atoms with van der Waals surface area (Å²) in [5, 5.41) is 37.8. The Kier molecular flexibility index (Phi) is 8.58. The number of rotatable bonds is 11. The lowest BCUT2D eigenvalue weighted by Gasteiger charge is -2.16. The summed E-state index contributed by atoms with van der Waals surface area (Å²) in [6.07, 6.45) is 6.47. The van der Waals surface area contributed by atoms with Crippen LogP contribution in [0.1, 0.15) is 30.5 Å². The fraction of sp³-hybridized carbons (Fsp3) is 0.320. The van der Waals surface area contributed by atoms with Gasteiger partial charge in [0.15, 0.2) is 0 Å². The first kappa shape index (κ1) is 23.7. The van der Waals surface area contributed by atoms with Gasteiger partial charge in [-0.1, -0.05) is 48.6 Å². The van der Waals surface area contributed by atoms with E-state index in [2.05, 4.69) is 4.98 Å². The zero-order valence-electron chi connectivity index (χ0n) is 18.1. The van der Waals surface area contributed by atoms with Crippen molar-refractivity contribution in [2.75, 3.05) is 26.4 Å². The number of hydrogen-bond donors (Lipinski definition) is 4. The maximum Gasteiger partial charge on any atom is 0.137 e. The number of aliphatic hydroxyl groups excluding tert-OH is 4. The van der Waals surface area contributed by atoms with E-state index in [0.29, 0.717) is 11.6 Å². The number of nitrogens with zero attached hydrogens (tertiary/aromatic N) is 2. The fourth-order valence-electron chi connectivity index (χ4n) is 3.30. The molecule has 0 spiro atoms. The van der Waals surface area contributed by atoms with Gasteiger partial charge in [0.25, 0.3) is 0 Å². The lowest BCUT2D eigenvalue weighted by atomic mass is 10.0. The maximum absolute atomic E-state index is 9.84. The summed E-state index contributed by atoms with van der Waals surface area (Å²) in [6.45, 7) is 1.59. The molecular weight excluding hydrogens is 408 g/mol. The van der Waals surface area contributed by atoms with Crippen LogP contribution in [-0.2, 0) is 0 Å². The van der Waals surface area contributed by atoms with E-state index in [1.807, 2.05) is 60.7 Å². The molecule has 0 aliphatic rings. The number of imidazole rings is 1. The van der Waals surface area contributed by atoms with Crippen molar-refractivity contribution in [3.05, 3.63) is 78.4 Å². The van der Waals surface area contributed by atoms with E-state index in [9.17, 15) is 10.2 Å². The molecule has 0 radical (unpaired) electrons. The highest BCUT2D eigenvalue weighted by Gasteiger charge is 2.14. The Bertz CT molecular complexity index is 976. The molecule has 2 unspecified atom stereocenters. The topological polar surface area (TPSA) is 108 Å². The molecule has 2 atom stereocenters. The van der Waals surface area contributed by atoms with Crippen LogP contribution >= 0.6 is 0 Å². The smallest absolute Gasteiger partial charge is 0.137 e. The van der Waals surface area contributed by atoms with Gasteiger partial charge >= 0.3 is 0 Å². The van der Waals surface area contributed by atoms with Gasteiger partial charge in [-0.2, -0.15) is 0 Å². The van der Waals surface area contributed by atoms with Crippen molar-refractivity contribution in [3.63, 3.8) is 0 Å². The van der Waals surface area contributed by atoms with Crippen molar-refractivity contribution < 1.29 is 25.2 Å². The summed E-state index contributed by atoms with van der Waals surface area (Å²) in [4.78, 5) is 4.16. The first-order valence-corrected chi connectivity index (χ1v) is 10.6. The van der Waals surface area contributed by atoms with Crippen LogP contribution in [0.25, 0.3) is 17.2 Å². The number of aliphatic hydroxyl groups is 4. The van der Waals surface area contributed by atoms with E-state index in [4.69, 9.17) is 14.9 Å². The van der Waals surface area contributed by atoms with E-state index >= 15 is 0 Å². The molecule has 0 amide bonds. The van der Waals surface area contributed by atoms with E-state index < -0.39 is 6.10 Å². The van der Waals surface area contributed by atoms with Crippen LogP contribution in [0.15, 0.2) is 67.0 Å². The third kappa shape index (κ3) is 6.05. The Labute approximate surface area is 187 Å². The van der Waals surface area contributed by atoms with Gasteiger partial charge in [-0.15, -0.1) is 0 Å². The fourth-order valence-corrected chi connectivity index (χ4v) is 3.30. The Morgan fingerprint density at radius 1 is 0.938 bits per heavy atom. The van der Waals surface area contributed by atoms with Crippen LogP contribution in [0, 0.1) is 5.92 Å². The number of benzene rings is 2. The van der Waals surface area contributed by atoms with E-state index in [-0.39, 0.29) is 38.4 Å². The SMILES string of the molecule is CC(O)c1nccn1C(/C=C/c1ccc(-c2ccc(OCC(CO)CO)cc2)cc1)CO. The summed E-state index contributed by atoms with van der Waals surface area (Å²) in [5.41, 5.74) is 3.09. The molecule has 1 aromatic heterocycles. The third-order valence-corrected chi connectivity index (χ3v) is 5.23. The molecule has 7 heteroatoms. The van der Waals surface area contributed by atoms with Crippen LogP contribution in [0.4, 0.5) is 0 Å². The predicted molar refractivity (Wildman–Crippen MR) is 123 cm³/mol. The van der Waals surface area contributed by atoms with Gasteiger partial charge in [0.2, 0.25) is 0 Å². The average molecular weight is 439 g/mol. The molecule has 0 bridgehead atoms.